The van der Waals surface area contributed by atoms with E-state index in [0.717, 1.165) is 30.5 Å². The summed E-state index contributed by atoms with van der Waals surface area (Å²) in [6.07, 6.45) is 3.85. The first kappa shape index (κ1) is 13.8. The van der Waals surface area contributed by atoms with Gasteiger partial charge >= 0.3 is 0 Å². The number of sulfonamides is 1. The molecule has 4 heteroatoms. The standard InChI is InChI=1S/C17H23NO2S/c1-12-3-7-15(8-4-12)21(19,20)18-10-13-5-6-14-9-16(13)17(14,2)11-18/h3-4,7-8,13-14,16H,5-6,9-11H2,1-2H3/t13-,14-,16-,17-/m0/s1. The lowest BCUT2D eigenvalue weighted by atomic mass is 9.43. The third-order valence-electron chi connectivity index (χ3n) is 6.39. The van der Waals surface area contributed by atoms with E-state index >= 15 is 0 Å². The molecular formula is C17H23NO2S. The number of hydrogen-bond donors (Lipinski definition) is 0. The van der Waals surface area contributed by atoms with Crippen LogP contribution >= 0.6 is 0 Å². The van der Waals surface area contributed by atoms with E-state index in [0.29, 0.717) is 10.8 Å². The third-order valence-corrected chi connectivity index (χ3v) is 8.21. The van der Waals surface area contributed by atoms with Gasteiger partial charge in [0.2, 0.25) is 10.0 Å². The molecule has 4 fully saturated rings. The van der Waals surface area contributed by atoms with E-state index in [4.69, 9.17) is 0 Å². The molecule has 1 aliphatic heterocycles. The topological polar surface area (TPSA) is 37.4 Å². The van der Waals surface area contributed by atoms with Crippen LogP contribution in [0.4, 0.5) is 0 Å². The van der Waals surface area contributed by atoms with Crippen LogP contribution in [0.25, 0.3) is 0 Å². The van der Waals surface area contributed by atoms with E-state index in [-0.39, 0.29) is 5.41 Å². The molecule has 0 amide bonds. The van der Waals surface area contributed by atoms with Crippen molar-refractivity contribution in [1.29, 1.82) is 0 Å². The smallest absolute Gasteiger partial charge is 0.207 e. The maximum atomic E-state index is 12.9. The van der Waals surface area contributed by atoms with Crippen molar-refractivity contribution in [3.63, 3.8) is 0 Å². The van der Waals surface area contributed by atoms with Crippen LogP contribution in [0.15, 0.2) is 29.2 Å². The highest BCUT2D eigenvalue weighted by molar-refractivity contribution is 7.89. The van der Waals surface area contributed by atoms with Crippen molar-refractivity contribution >= 4 is 10.0 Å². The maximum Gasteiger partial charge on any atom is 0.243 e. The molecule has 5 rings (SSSR count). The van der Waals surface area contributed by atoms with Gasteiger partial charge < -0.3 is 0 Å². The molecule has 1 aromatic rings. The van der Waals surface area contributed by atoms with E-state index in [2.05, 4.69) is 6.92 Å². The maximum absolute atomic E-state index is 12.9. The first-order valence-corrected chi connectivity index (χ1v) is 9.42. The normalized spacial score (nSPS) is 38.9. The van der Waals surface area contributed by atoms with Gasteiger partial charge in [0.25, 0.3) is 0 Å². The first-order chi connectivity index (χ1) is 9.91. The Balaban J connectivity index is 1.66. The van der Waals surface area contributed by atoms with Crippen molar-refractivity contribution in [2.75, 3.05) is 13.1 Å². The molecule has 3 nitrogen and oxygen atoms in total. The minimum Gasteiger partial charge on any atom is -0.207 e. The zero-order chi connectivity index (χ0) is 14.8. The summed E-state index contributed by atoms with van der Waals surface area (Å²) in [5.74, 6) is 2.09. The lowest BCUT2D eigenvalue weighted by Crippen LogP contribution is -2.65. The van der Waals surface area contributed by atoms with Gasteiger partial charge in [0.1, 0.15) is 0 Å². The van der Waals surface area contributed by atoms with Crippen LogP contribution in [-0.2, 0) is 10.0 Å². The van der Waals surface area contributed by atoms with Gasteiger partial charge in [0, 0.05) is 13.1 Å². The molecule has 1 heterocycles. The Bertz CT molecular complexity index is 665. The number of piperidine rings is 1. The van der Waals surface area contributed by atoms with Gasteiger partial charge in [-0.15, -0.1) is 0 Å². The number of rotatable bonds is 2. The van der Waals surface area contributed by atoms with Gasteiger partial charge in [-0.2, -0.15) is 4.31 Å². The van der Waals surface area contributed by atoms with Gasteiger partial charge in [-0.05, 0) is 61.5 Å². The molecule has 4 aliphatic rings. The van der Waals surface area contributed by atoms with Crippen LogP contribution in [0.5, 0.6) is 0 Å². The van der Waals surface area contributed by atoms with Crippen LogP contribution in [0, 0.1) is 30.1 Å². The van der Waals surface area contributed by atoms with Gasteiger partial charge in [-0.3, -0.25) is 0 Å². The van der Waals surface area contributed by atoms with Crippen LogP contribution in [0.2, 0.25) is 0 Å². The number of fused-ring (bicyclic) bond motifs is 1. The molecule has 0 aromatic heterocycles. The average molecular weight is 305 g/mol. The van der Waals surface area contributed by atoms with Crippen molar-refractivity contribution in [3.05, 3.63) is 29.8 Å². The van der Waals surface area contributed by atoms with Crippen LogP contribution in [0.1, 0.15) is 31.7 Å². The highest BCUT2D eigenvalue weighted by Gasteiger charge is 2.61. The lowest BCUT2D eigenvalue weighted by molar-refractivity contribution is -0.155. The molecule has 0 spiro atoms. The van der Waals surface area contributed by atoms with Gasteiger partial charge in [-0.25, -0.2) is 8.42 Å². The number of nitrogens with zero attached hydrogens (tertiary/aromatic N) is 1. The van der Waals surface area contributed by atoms with Gasteiger partial charge in [-0.1, -0.05) is 24.6 Å². The van der Waals surface area contributed by atoms with E-state index in [9.17, 15) is 8.42 Å². The van der Waals surface area contributed by atoms with Crippen molar-refractivity contribution in [2.24, 2.45) is 23.2 Å². The van der Waals surface area contributed by atoms with Crippen molar-refractivity contribution in [3.8, 4) is 0 Å². The molecule has 3 aliphatic carbocycles. The Morgan fingerprint density at radius 1 is 1.19 bits per heavy atom. The fourth-order valence-corrected chi connectivity index (χ4v) is 6.61. The molecule has 114 valence electrons. The third kappa shape index (κ3) is 1.85. The highest BCUT2D eigenvalue weighted by atomic mass is 32.2. The molecule has 4 atom stereocenters. The van der Waals surface area contributed by atoms with Crippen molar-refractivity contribution in [1.82, 2.24) is 4.31 Å². The molecular weight excluding hydrogens is 282 g/mol. The second-order valence-corrected chi connectivity index (χ2v) is 9.43. The minimum atomic E-state index is -3.33. The highest BCUT2D eigenvalue weighted by Crippen LogP contribution is 2.64. The molecule has 1 aromatic carbocycles. The Hall–Kier alpha value is -0.870. The summed E-state index contributed by atoms with van der Waals surface area (Å²) >= 11 is 0. The monoisotopic (exact) mass is 305 g/mol. The summed E-state index contributed by atoms with van der Waals surface area (Å²) in [5, 5.41) is 0. The Labute approximate surface area is 127 Å². The minimum absolute atomic E-state index is 0.235. The lowest BCUT2D eigenvalue weighted by Gasteiger charge is -2.66. The number of aryl methyl sites for hydroxylation is 1. The van der Waals surface area contributed by atoms with E-state index in [1.165, 1.54) is 19.3 Å². The van der Waals surface area contributed by atoms with E-state index in [1.807, 2.05) is 19.1 Å². The summed E-state index contributed by atoms with van der Waals surface area (Å²) in [6.45, 7) is 5.74. The SMILES string of the molecule is Cc1ccc(S(=O)(=O)N2C[C@@H]3CC[C@H]4C[C@@H]3[C@@]4(C)C2)cc1. The first-order valence-electron chi connectivity index (χ1n) is 7.98. The largest absolute Gasteiger partial charge is 0.243 e. The quantitative estimate of drug-likeness (QED) is 0.842. The molecule has 0 N–H and O–H groups in total. The van der Waals surface area contributed by atoms with Crippen molar-refractivity contribution in [2.45, 2.75) is 38.0 Å². The summed E-state index contributed by atoms with van der Waals surface area (Å²) in [7, 11) is -3.33. The second kappa shape index (κ2) is 4.32. The van der Waals surface area contributed by atoms with Crippen molar-refractivity contribution < 1.29 is 8.42 Å². The fraction of sp³-hybridized carbons (Fsp3) is 0.647. The zero-order valence-corrected chi connectivity index (χ0v) is 13.6. The molecule has 0 radical (unpaired) electrons. The van der Waals surface area contributed by atoms with Crippen LogP contribution in [0.3, 0.4) is 0 Å². The molecule has 4 bridgehead atoms. The summed E-state index contributed by atoms with van der Waals surface area (Å²) in [5.41, 5.74) is 1.33. The van der Waals surface area contributed by atoms with Crippen LogP contribution < -0.4 is 0 Å². The molecule has 0 unspecified atom stereocenters. The average Bonchev–Trinajstić information content (AvgIpc) is 2.45. The second-order valence-electron chi connectivity index (χ2n) is 7.49. The van der Waals surface area contributed by atoms with E-state index in [1.54, 1.807) is 16.4 Å². The van der Waals surface area contributed by atoms with Gasteiger partial charge in [0.05, 0.1) is 4.90 Å². The summed E-state index contributed by atoms with van der Waals surface area (Å²) in [6, 6.07) is 7.27. The summed E-state index contributed by atoms with van der Waals surface area (Å²) in [4.78, 5) is 0.449. The summed E-state index contributed by atoms with van der Waals surface area (Å²) < 4.78 is 27.6. The molecule has 3 saturated carbocycles. The van der Waals surface area contributed by atoms with Gasteiger partial charge in [0.15, 0.2) is 0 Å². The Kier molecular flexibility index (Phi) is 2.84. The molecule has 21 heavy (non-hydrogen) atoms. The van der Waals surface area contributed by atoms with Crippen LogP contribution in [-0.4, -0.2) is 25.8 Å². The fourth-order valence-electron chi connectivity index (χ4n) is 5.00. The zero-order valence-electron chi connectivity index (χ0n) is 12.7. The Morgan fingerprint density at radius 2 is 1.90 bits per heavy atom. The Morgan fingerprint density at radius 3 is 2.52 bits per heavy atom. The predicted octanol–water partition coefficient (Wildman–Crippen LogP) is 3.05. The number of benzene rings is 1. The molecule has 1 saturated heterocycles. The number of hydrogen-bond acceptors (Lipinski definition) is 2. The predicted molar refractivity (Wildman–Crippen MR) is 82.4 cm³/mol. The van der Waals surface area contributed by atoms with E-state index < -0.39 is 10.0 Å².